The molecular weight excluding hydrogens is 595 g/mol. The minimum absolute atomic E-state index is 0.752. The van der Waals surface area contributed by atoms with E-state index in [2.05, 4.69) is 71.7 Å². The average molecular weight is 616 g/mol. The number of benzene rings is 5. The molecule has 0 bridgehead atoms. The van der Waals surface area contributed by atoms with Crippen LogP contribution in [0.15, 0.2) is 126 Å². The maximum Gasteiger partial charge on any atom is 0.167 e. The number of fused-ring (bicyclic) bond motifs is 5. The van der Waals surface area contributed by atoms with E-state index < -0.39 is 0 Å². The Morgan fingerprint density at radius 1 is 0.689 bits per heavy atom. The summed E-state index contributed by atoms with van der Waals surface area (Å²) in [5.41, 5.74) is 7.61. The Balaban J connectivity index is 1.35. The summed E-state index contributed by atoms with van der Waals surface area (Å²) in [6.45, 7) is 0. The quantitative estimate of drug-likeness (QED) is 0.214. The van der Waals surface area contributed by atoms with Gasteiger partial charge in [0.1, 0.15) is 22.5 Å². The van der Waals surface area contributed by atoms with E-state index in [1.54, 1.807) is 22.7 Å². The number of imidazole rings is 1. The average Bonchev–Trinajstić information content (AvgIpc) is 3.90. The molecule has 0 aliphatic heterocycles. The molecule has 0 saturated heterocycles. The Kier molecular flexibility index (Phi) is 5.22. The lowest BCUT2D eigenvalue weighted by molar-refractivity contribution is 0.632. The van der Waals surface area contributed by atoms with Crippen molar-refractivity contribution in [3.05, 3.63) is 121 Å². The highest BCUT2D eigenvalue weighted by Crippen LogP contribution is 2.48. The van der Waals surface area contributed by atoms with Crippen LogP contribution in [0.4, 0.5) is 0 Å². The number of nitrogens with zero attached hydrogens (tertiary/aromatic N) is 4. The molecule has 10 rings (SSSR count). The van der Waals surface area contributed by atoms with Gasteiger partial charge in [0.05, 0.1) is 27.4 Å². The van der Waals surface area contributed by atoms with Crippen LogP contribution in [0.1, 0.15) is 0 Å². The lowest BCUT2D eigenvalue weighted by Crippen LogP contribution is -2.01. The Labute approximate surface area is 263 Å². The zero-order chi connectivity index (χ0) is 29.5. The smallest absolute Gasteiger partial charge is 0.167 e. The summed E-state index contributed by atoms with van der Waals surface area (Å²) in [6.07, 6.45) is 1.93. The van der Waals surface area contributed by atoms with Crippen molar-refractivity contribution in [2.24, 2.45) is 0 Å². The summed E-state index contributed by atoms with van der Waals surface area (Å²) in [7, 11) is 0. The molecule has 0 unspecified atom stereocenters. The SMILES string of the molecule is c1ccc2oc(-c3cc4sc(-c5nc6ccccc6[nH]5)nc4c(-n4ncc5ccccc54)c3-c3cc4ccccc4s3)cc2c1. The fourth-order valence-electron chi connectivity index (χ4n) is 6.22. The van der Waals surface area contributed by atoms with Gasteiger partial charge in [-0.1, -0.05) is 66.7 Å². The number of aromatic nitrogens is 5. The molecule has 0 spiro atoms. The summed E-state index contributed by atoms with van der Waals surface area (Å²) in [6, 6.07) is 39.7. The minimum Gasteiger partial charge on any atom is -0.456 e. The number of hydrogen-bond acceptors (Lipinski definition) is 6. The second-order valence-electron chi connectivity index (χ2n) is 11.0. The maximum atomic E-state index is 6.57. The molecule has 8 heteroatoms. The van der Waals surface area contributed by atoms with Crippen LogP contribution in [-0.4, -0.2) is 24.7 Å². The van der Waals surface area contributed by atoms with Crippen molar-refractivity contribution in [3.63, 3.8) is 0 Å². The first kappa shape index (κ1) is 24.8. The van der Waals surface area contributed by atoms with Crippen LogP contribution < -0.4 is 0 Å². The summed E-state index contributed by atoms with van der Waals surface area (Å²) in [5, 5.41) is 9.13. The van der Waals surface area contributed by atoms with Crippen LogP contribution >= 0.6 is 22.7 Å². The van der Waals surface area contributed by atoms with Crippen molar-refractivity contribution in [1.29, 1.82) is 0 Å². The topological polar surface area (TPSA) is 72.5 Å². The number of H-pyrrole nitrogens is 1. The van der Waals surface area contributed by atoms with Crippen molar-refractivity contribution in [3.8, 4) is 38.3 Å². The second kappa shape index (κ2) is 9.46. The number of hydrogen-bond donors (Lipinski definition) is 1. The number of aromatic amines is 1. The zero-order valence-electron chi connectivity index (χ0n) is 23.6. The molecule has 0 fully saturated rings. The van der Waals surface area contributed by atoms with Crippen molar-refractivity contribution in [2.75, 3.05) is 0 Å². The lowest BCUT2D eigenvalue weighted by atomic mass is 9.99. The molecule has 5 aromatic heterocycles. The molecule has 5 aromatic carbocycles. The van der Waals surface area contributed by atoms with Gasteiger partial charge in [-0.2, -0.15) is 5.10 Å². The van der Waals surface area contributed by atoms with Crippen molar-refractivity contribution in [1.82, 2.24) is 24.7 Å². The highest BCUT2D eigenvalue weighted by molar-refractivity contribution is 7.22. The molecule has 0 aliphatic rings. The van der Waals surface area contributed by atoms with Crippen molar-refractivity contribution in [2.45, 2.75) is 0 Å². The summed E-state index contributed by atoms with van der Waals surface area (Å²) in [5.74, 6) is 1.56. The molecule has 45 heavy (non-hydrogen) atoms. The van der Waals surface area contributed by atoms with E-state index in [-0.39, 0.29) is 0 Å². The molecule has 5 heterocycles. The number of rotatable bonds is 4. The zero-order valence-corrected chi connectivity index (χ0v) is 25.2. The first-order valence-corrected chi connectivity index (χ1v) is 16.2. The van der Waals surface area contributed by atoms with Crippen LogP contribution in [0, 0.1) is 0 Å². The van der Waals surface area contributed by atoms with E-state index >= 15 is 0 Å². The Hall–Kier alpha value is -5.57. The third-order valence-electron chi connectivity index (χ3n) is 8.30. The van der Waals surface area contributed by atoms with Crippen LogP contribution in [-0.2, 0) is 0 Å². The lowest BCUT2D eigenvalue weighted by Gasteiger charge is -2.15. The first-order valence-electron chi connectivity index (χ1n) is 14.6. The molecule has 0 amide bonds. The van der Waals surface area contributed by atoms with Crippen LogP contribution in [0.5, 0.6) is 0 Å². The predicted molar refractivity (Wildman–Crippen MR) is 185 cm³/mol. The summed E-state index contributed by atoms with van der Waals surface area (Å²) in [4.78, 5) is 14.8. The number of para-hydroxylation sites is 4. The number of furan rings is 1. The van der Waals surface area contributed by atoms with E-state index in [0.29, 0.717) is 0 Å². The predicted octanol–water partition coefficient (Wildman–Crippen LogP) is 10.5. The summed E-state index contributed by atoms with van der Waals surface area (Å²) >= 11 is 3.39. The van der Waals surface area contributed by atoms with E-state index in [9.17, 15) is 0 Å². The molecule has 0 atom stereocenters. The molecule has 0 saturated carbocycles. The number of thiazole rings is 1. The van der Waals surface area contributed by atoms with Crippen LogP contribution in [0.2, 0.25) is 0 Å². The number of thiophene rings is 1. The van der Waals surface area contributed by atoms with Gasteiger partial charge < -0.3 is 9.40 Å². The minimum atomic E-state index is 0.752. The first-order chi connectivity index (χ1) is 22.3. The Morgan fingerprint density at radius 3 is 2.38 bits per heavy atom. The molecule has 1 N–H and O–H groups in total. The normalized spacial score (nSPS) is 12.0. The maximum absolute atomic E-state index is 6.57. The fourth-order valence-corrected chi connectivity index (χ4v) is 8.30. The highest BCUT2D eigenvalue weighted by atomic mass is 32.1. The highest BCUT2D eigenvalue weighted by Gasteiger charge is 2.26. The van der Waals surface area contributed by atoms with E-state index in [1.165, 1.54) is 10.1 Å². The van der Waals surface area contributed by atoms with Gasteiger partial charge in [0.25, 0.3) is 0 Å². The van der Waals surface area contributed by atoms with Gasteiger partial charge in [-0.3, -0.25) is 0 Å². The van der Waals surface area contributed by atoms with Crippen molar-refractivity contribution >= 4 is 75.9 Å². The molecule has 212 valence electrons. The van der Waals surface area contributed by atoms with Gasteiger partial charge in [0.2, 0.25) is 0 Å². The van der Waals surface area contributed by atoms with Crippen molar-refractivity contribution < 1.29 is 4.42 Å². The standard InChI is InChI=1S/C37H21N5OS2/c1-6-14-27-23(11-1)20-38-42(27)35-33(31-18-22-10-3-8-16-30(22)44-31)24(29-17-21-9-2-7-15-28(21)43-29)19-32-34(35)41-37(45-32)36-39-25-12-4-5-13-26(25)40-36/h1-20H,(H,39,40). The van der Waals surface area contributed by atoms with Gasteiger partial charge in [-0.05, 0) is 53.9 Å². The molecule has 0 radical (unpaired) electrons. The monoisotopic (exact) mass is 615 g/mol. The second-order valence-corrected chi connectivity index (χ2v) is 13.1. The van der Waals surface area contributed by atoms with E-state index in [0.717, 1.165) is 81.4 Å². The number of nitrogens with one attached hydrogen (secondary N) is 1. The van der Waals surface area contributed by atoms with Gasteiger partial charge in [0.15, 0.2) is 10.8 Å². The van der Waals surface area contributed by atoms with Crippen LogP contribution in [0.25, 0.3) is 91.5 Å². The largest absolute Gasteiger partial charge is 0.456 e. The fraction of sp³-hybridized carbons (Fsp3) is 0. The Morgan fingerprint density at radius 2 is 1.49 bits per heavy atom. The summed E-state index contributed by atoms with van der Waals surface area (Å²) < 4.78 is 10.9. The Bertz CT molecular complexity index is 2640. The van der Waals surface area contributed by atoms with Gasteiger partial charge in [0, 0.05) is 31.5 Å². The molecule has 10 aromatic rings. The van der Waals surface area contributed by atoms with E-state index in [1.807, 2.05) is 59.4 Å². The van der Waals surface area contributed by atoms with Gasteiger partial charge >= 0.3 is 0 Å². The van der Waals surface area contributed by atoms with E-state index in [4.69, 9.17) is 19.5 Å². The van der Waals surface area contributed by atoms with Crippen LogP contribution in [0.3, 0.4) is 0 Å². The molecule has 6 nitrogen and oxygen atoms in total. The molecule has 0 aliphatic carbocycles. The van der Waals surface area contributed by atoms with Gasteiger partial charge in [-0.25, -0.2) is 14.6 Å². The molecular formula is C37H21N5OS2. The third-order valence-corrected chi connectivity index (χ3v) is 10.4. The third kappa shape index (κ3) is 3.83. The van der Waals surface area contributed by atoms with Gasteiger partial charge in [-0.15, -0.1) is 22.7 Å².